The van der Waals surface area contributed by atoms with Crippen molar-refractivity contribution in [2.75, 3.05) is 18.6 Å². The van der Waals surface area contributed by atoms with Crippen LogP contribution in [0.15, 0.2) is 6.20 Å². The second-order valence-electron chi connectivity index (χ2n) is 5.46. The first-order valence-corrected chi connectivity index (χ1v) is 8.25. The minimum atomic E-state index is -3.10. The molecule has 0 N–H and O–H groups in total. The van der Waals surface area contributed by atoms with Crippen molar-refractivity contribution in [1.29, 1.82) is 5.26 Å². The van der Waals surface area contributed by atoms with Crippen LogP contribution in [-0.2, 0) is 16.3 Å². The Morgan fingerprint density at radius 1 is 1.50 bits per heavy atom. The number of rotatable bonds is 3. The molecule has 108 valence electrons. The largest absolute Gasteiger partial charge is 0.496 e. The molecule has 1 atom stereocenters. The van der Waals surface area contributed by atoms with Crippen LogP contribution in [0.1, 0.15) is 23.2 Å². The third-order valence-electron chi connectivity index (χ3n) is 3.88. The Bertz CT molecular complexity index is 676. The van der Waals surface area contributed by atoms with Gasteiger partial charge in [0.1, 0.15) is 5.75 Å². The third-order valence-corrected chi connectivity index (χ3v) is 5.70. The van der Waals surface area contributed by atoms with E-state index < -0.39 is 15.3 Å². The van der Waals surface area contributed by atoms with Crippen LogP contribution in [0.3, 0.4) is 0 Å². The zero-order chi connectivity index (χ0) is 15.0. The van der Waals surface area contributed by atoms with E-state index in [1.54, 1.807) is 13.3 Å². The zero-order valence-electron chi connectivity index (χ0n) is 11.9. The van der Waals surface area contributed by atoms with Gasteiger partial charge < -0.3 is 4.74 Å². The van der Waals surface area contributed by atoms with Crippen LogP contribution in [0.25, 0.3) is 0 Å². The number of pyridine rings is 1. The average molecular weight is 294 g/mol. The van der Waals surface area contributed by atoms with E-state index in [-0.39, 0.29) is 11.5 Å². The first-order valence-electron chi connectivity index (χ1n) is 6.43. The predicted octanol–water partition coefficient (Wildman–Crippen LogP) is 1.58. The fraction of sp³-hybridized carbons (Fsp3) is 0.571. The molecule has 1 saturated heterocycles. The lowest BCUT2D eigenvalue weighted by Gasteiger charge is -2.20. The van der Waals surface area contributed by atoms with Crippen LogP contribution < -0.4 is 4.74 Å². The summed E-state index contributed by atoms with van der Waals surface area (Å²) >= 11 is 0. The van der Waals surface area contributed by atoms with Gasteiger partial charge in [0.05, 0.1) is 30.1 Å². The number of hydrogen-bond acceptors (Lipinski definition) is 5. The molecular formula is C14H18N2O3S. The van der Waals surface area contributed by atoms with E-state index >= 15 is 0 Å². The molecule has 1 aromatic heterocycles. The summed E-state index contributed by atoms with van der Waals surface area (Å²) in [7, 11) is -1.51. The van der Waals surface area contributed by atoms with Gasteiger partial charge in [-0.05, 0) is 20.3 Å². The molecule has 0 saturated carbocycles. The number of aromatic nitrogens is 1. The van der Waals surface area contributed by atoms with E-state index in [1.165, 1.54) is 0 Å². The second kappa shape index (κ2) is 5.06. The van der Waals surface area contributed by atoms with Crippen molar-refractivity contribution >= 4 is 9.84 Å². The van der Waals surface area contributed by atoms with E-state index in [9.17, 15) is 13.7 Å². The summed E-state index contributed by atoms with van der Waals surface area (Å²) in [6.45, 7) is 3.80. The van der Waals surface area contributed by atoms with Crippen molar-refractivity contribution in [3.8, 4) is 11.8 Å². The fourth-order valence-electron chi connectivity index (χ4n) is 2.75. The van der Waals surface area contributed by atoms with Gasteiger partial charge in [-0.25, -0.2) is 8.42 Å². The highest BCUT2D eigenvalue weighted by Crippen LogP contribution is 2.36. The van der Waals surface area contributed by atoms with Gasteiger partial charge in [-0.2, -0.15) is 5.26 Å². The maximum absolute atomic E-state index is 11.7. The van der Waals surface area contributed by atoms with Crippen LogP contribution in [0.5, 0.6) is 5.75 Å². The average Bonchev–Trinajstić information content (AvgIpc) is 2.70. The summed E-state index contributed by atoms with van der Waals surface area (Å²) in [5.41, 5.74) is 1.70. The summed E-state index contributed by atoms with van der Waals surface area (Å²) < 4.78 is 28.7. The first-order chi connectivity index (χ1) is 9.32. The van der Waals surface area contributed by atoms with Crippen molar-refractivity contribution in [3.05, 3.63) is 23.0 Å². The Balaban J connectivity index is 2.38. The van der Waals surface area contributed by atoms with Gasteiger partial charge in [-0.3, -0.25) is 4.98 Å². The van der Waals surface area contributed by atoms with Crippen LogP contribution in [0.4, 0.5) is 0 Å². The number of ether oxygens (including phenoxy) is 1. The number of nitrogens with zero attached hydrogens (tertiary/aromatic N) is 2. The zero-order valence-corrected chi connectivity index (χ0v) is 12.7. The smallest absolute Gasteiger partial charge is 0.151 e. The lowest BCUT2D eigenvalue weighted by molar-refractivity contribution is 0.402. The Morgan fingerprint density at radius 3 is 2.70 bits per heavy atom. The van der Waals surface area contributed by atoms with Crippen molar-refractivity contribution in [2.24, 2.45) is 5.41 Å². The Hall–Kier alpha value is -1.61. The SMILES string of the molecule is COc1c(C)cnc(CC2(C#N)CCS(=O)(=O)C2)c1C. The Morgan fingerprint density at radius 2 is 2.20 bits per heavy atom. The highest BCUT2D eigenvalue weighted by atomic mass is 32.2. The first kappa shape index (κ1) is 14.8. The lowest BCUT2D eigenvalue weighted by Crippen LogP contribution is -2.24. The van der Waals surface area contributed by atoms with Crippen molar-refractivity contribution in [3.63, 3.8) is 0 Å². The van der Waals surface area contributed by atoms with Gasteiger partial charge >= 0.3 is 0 Å². The number of methoxy groups -OCH3 is 1. The molecule has 6 heteroatoms. The van der Waals surface area contributed by atoms with Gasteiger partial charge in [0, 0.05) is 29.4 Å². The fourth-order valence-corrected chi connectivity index (χ4v) is 4.75. The predicted molar refractivity (Wildman–Crippen MR) is 75.3 cm³/mol. The Kier molecular flexibility index (Phi) is 3.74. The molecule has 2 heterocycles. The lowest BCUT2D eigenvalue weighted by atomic mass is 9.83. The topological polar surface area (TPSA) is 80.0 Å². The maximum atomic E-state index is 11.7. The summed E-state index contributed by atoms with van der Waals surface area (Å²) in [5.74, 6) is 0.764. The molecule has 1 aliphatic heterocycles. The maximum Gasteiger partial charge on any atom is 0.151 e. The quantitative estimate of drug-likeness (QED) is 0.845. The van der Waals surface area contributed by atoms with Crippen LogP contribution in [0, 0.1) is 30.6 Å². The molecule has 1 aliphatic rings. The van der Waals surface area contributed by atoms with Crippen LogP contribution in [0.2, 0.25) is 0 Å². The molecule has 2 rings (SSSR count). The van der Waals surface area contributed by atoms with Gasteiger partial charge in [0.2, 0.25) is 0 Å². The highest BCUT2D eigenvalue weighted by Gasteiger charge is 2.43. The number of sulfone groups is 1. The third kappa shape index (κ3) is 2.63. The molecule has 1 unspecified atom stereocenters. The monoisotopic (exact) mass is 294 g/mol. The van der Waals surface area contributed by atoms with Crippen molar-refractivity contribution in [1.82, 2.24) is 4.98 Å². The molecular weight excluding hydrogens is 276 g/mol. The molecule has 0 bridgehead atoms. The molecule has 0 aliphatic carbocycles. The molecule has 0 aromatic carbocycles. The minimum absolute atomic E-state index is 0.0756. The van der Waals surface area contributed by atoms with Gasteiger partial charge in [-0.1, -0.05) is 0 Å². The summed E-state index contributed by atoms with van der Waals surface area (Å²) in [6, 6.07) is 2.20. The summed E-state index contributed by atoms with van der Waals surface area (Å²) in [6.07, 6.45) is 2.43. The normalized spacial score (nSPS) is 24.3. The number of aryl methyl sites for hydroxylation is 1. The second-order valence-corrected chi connectivity index (χ2v) is 7.64. The Labute approximate surface area is 119 Å². The van der Waals surface area contributed by atoms with Crippen LogP contribution in [-0.4, -0.2) is 32.0 Å². The van der Waals surface area contributed by atoms with Gasteiger partial charge in [0.25, 0.3) is 0 Å². The molecule has 0 radical (unpaired) electrons. The molecule has 0 amide bonds. The molecule has 20 heavy (non-hydrogen) atoms. The van der Waals surface area contributed by atoms with E-state index in [4.69, 9.17) is 4.74 Å². The van der Waals surface area contributed by atoms with Crippen molar-refractivity contribution < 1.29 is 13.2 Å². The summed E-state index contributed by atoms with van der Waals surface area (Å²) in [4.78, 5) is 4.36. The molecule has 5 nitrogen and oxygen atoms in total. The molecule has 1 aromatic rings. The van der Waals surface area contributed by atoms with Crippen LogP contribution >= 0.6 is 0 Å². The van der Waals surface area contributed by atoms with E-state index in [2.05, 4.69) is 11.1 Å². The number of nitriles is 1. The van der Waals surface area contributed by atoms with E-state index in [1.807, 2.05) is 13.8 Å². The minimum Gasteiger partial charge on any atom is -0.496 e. The number of hydrogen-bond donors (Lipinski definition) is 0. The van der Waals surface area contributed by atoms with E-state index in [0.717, 1.165) is 22.6 Å². The summed E-state index contributed by atoms with van der Waals surface area (Å²) in [5, 5.41) is 9.41. The standard InChI is InChI=1S/C14H18N2O3S/c1-10-7-16-12(11(2)13(10)19-3)6-14(8-15)4-5-20(17,18)9-14/h7H,4-6,9H2,1-3H3. The van der Waals surface area contributed by atoms with Crippen molar-refractivity contribution in [2.45, 2.75) is 26.7 Å². The van der Waals surface area contributed by atoms with Gasteiger partial charge in [-0.15, -0.1) is 0 Å². The van der Waals surface area contributed by atoms with Gasteiger partial charge in [0.15, 0.2) is 9.84 Å². The molecule has 1 fully saturated rings. The van der Waals surface area contributed by atoms with E-state index in [0.29, 0.717) is 12.8 Å². The molecule has 0 spiro atoms. The highest BCUT2D eigenvalue weighted by molar-refractivity contribution is 7.91.